The molecule has 0 saturated carbocycles. The number of phenolic OH excluding ortho intramolecular Hbond substituents is 1. The van der Waals surface area contributed by atoms with Gasteiger partial charge in [0, 0.05) is 4.88 Å². The molecular weight excluding hydrogens is 352 g/mol. The number of hydrogen-bond acceptors (Lipinski definition) is 3. The van der Waals surface area contributed by atoms with Crippen LogP contribution >= 0.6 is 11.3 Å². The van der Waals surface area contributed by atoms with Gasteiger partial charge >= 0.3 is 0 Å². The lowest BCUT2D eigenvalue weighted by Gasteiger charge is -2.36. The Bertz CT molecular complexity index is 874. The lowest BCUT2D eigenvalue weighted by molar-refractivity contribution is 0.104. The zero-order valence-electron chi connectivity index (χ0n) is 17.1. The summed E-state index contributed by atoms with van der Waals surface area (Å²) in [5, 5.41) is 9.91. The van der Waals surface area contributed by atoms with Crippen LogP contribution in [0.15, 0.2) is 18.2 Å². The average molecular weight is 383 g/mol. The highest BCUT2D eigenvalue weighted by atomic mass is 32.1. The summed E-state index contributed by atoms with van der Waals surface area (Å²) in [6.07, 6.45) is 9.30. The lowest BCUT2D eigenvalue weighted by atomic mass is 9.68. The molecule has 0 amide bonds. The molecule has 0 atom stereocenters. The topological polar surface area (TPSA) is 37.3 Å². The Labute approximate surface area is 166 Å². The van der Waals surface area contributed by atoms with E-state index in [1.807, 2.05) is 32.1 Å². The highest BCUT2D eigenvalue weighted by Gasteiger charge is 2.34. The summed E-state index contributed by atoms with van der Waals surface area (Å²) in [5.41, 5.74) is 5.76. The molecule has 0 saturated heterocycles. The number of benzene rings is 1. The number of phenols is 1. The minimum absolute atomic E-state index is 0.105. The molecule has 1 aliphatic rings. The standard InChI is InChI=1S/C24H30O2S/c1-6-24(7-2)11-10-19-20(14-24)17(5)27-23(19)21(25)9-8-18-12-15(3)22(26)16(4)13-18/h8-9,12-13,26H,6-7,10-11,14H2,1-5H3. The van der Waals surface area contributed by atoms with Crippen LogP contribution in [-0.2, 0) is 12.8 Å². The van der Waals surface area contributed by atoms with Gasteiger partial charge in [-0.15, -0.1) is 11.3 Å². The normalized spacial score (nSPS) is 15.9. The third-order valence-corrected chi connectivity index (χ3v) is 7.64. The molecular formula is C24H30O2S. The molecule has 0 bridgehead atoms. The maximum atomic E-state index is 12.9. The summed E-state index contributed by atoms with van der Waals surface area (Å²) in [7, 11) is 0. The monoisotopic (exact) mass is 382 g/mol. The van der Waals surface area contributed by atoms with E-state index in [4.69, 9.17) is 0 Å². The van der Waals surface area contributed by atoms with Crippen LogP contribution in [0.25, 0.3) is 6.08 Å². The van der Waals surface area contributed by atoms with Crippen LogP contribution in [0.2, 0.25) is 0 Å². The van der Waals surface area contributed by atoms with E-state index in [0.717, 1.165) is 34.4 Å². The van der Waals surface area contributed by atoms with E-state index in [-0.39, 0.29) is 5.78 Å². The molecule has 1 N–H and O–H groups in total. The fourth-order valence-electron chi connectivity index (χ4n) is 4.36. The van der Waals surface area contributed by atoms with Gasteiger partial charge in [-0.1, -0.05) is 32.8 Å². The van der Waals surface area contributed by atoms with Gasteiger partial charge in [0.2, 0.25) is 0 Å². The molecule has 3 heteroatoms. The first-order valence-electron chi connectivity index (χ1n) is 9.94. The van der Waals surface area contributed by atoms with E-state index in [0.29, 0.717) is 11.2 Å². The van der Waals surface area contributed by atoms with Crippen molar-refractivity contribution < 1.29 is 9.90 Å². The van der Waals surface area contributed by atoms with E-state index in [1.54, 1.807) is 17.4 Å². The fraction of sp³-hybridized carbons (Fsp3) is 0.458. The molecule has 0 aliphatic heterocycles. The van der Waals surface area contributed by atoms with Gasteiger partial charge in [-0.05, 0) is 91.5 Å². The first-order chi connectivity index (χ1) is 12.8. The minimum Gasteiger partial charge on any atom is -0.507 e. The molecule has 0 spiro atoms. The molecule has 1 aromatic carbocycles. The maximum Gasteiger partial charge on any atom is 0.196 e. The zero-order chi connectivity index (χ0) is 19.8. The summed E-state index contributed by atoms with van der Waals surface area (Å²) in [6.45, 7) is 10.5. The van der Waals surface area contributed by atoms with Crippen molar-refractivity contribution in [3.8, 4) is 5.75 Å². The first-order valence-corrected chi connectivity index (χ1v) is 10.8. The number of aryl methyl sites for hydroxylation is 3. The second-order valence-corrected chi connectivity index (χ2v) is 9.25. The van der Waals surface area contributed by atoms with E-state index in [2.05, 4.69) is 20.8 Å². The summed E-state index contributed by atoms with van der Waals surface area (Å²) >= 11 is 1.66. The molecule has 2 nitrogen and oxygen atoms in total. The quantitative estimate of drug-likeness (QED) is 0.469. The average Bonchev–Trinajstić information content (AvgIpc) is 2.99. The van der Waals surface area contributed by atoms with Gasteiger partial charge in [-0.3, -0.25) is 4.79 Å². The van der Waals surface area contributed by atoms with Crippen molar-refractivity contribution in [1.29, 1.82) is 0 Å². The van der Waals surface area contributed by atoms with Crippen molar-refractivity contribution in [2.75, 3.05) is 0 Å². The van der Waals surface area contributed by atoms with Crippen molar-refractivity contribution in [2.24, 2.45) is 5.41 Å². The minimum atomic E-state index is 0.105. The molecule has 3 rings (SSSR count). The number of rotatable bonds is 5. The smallest absolute Gasteiger partial charge is 0.196 e. The van der Waals surface area contributed by atoms with E-state index >= 15 is 0 Å². The van der Waals surface area contributed by atoms with Crippen LogP contribution in [0.1, 0.15) is 75.5 Å². The Balaban J connectivity index is 1.87. The Morgan fingerprint density at radius 2 is 1.78 bits per heavy atom. The van der Waals surface area contributed by atoms with E-state index in [1.165, 1.54) is 35.3 Å². The molecule has 2 aromatic rings. The SMILES string of the molecule is CCC1(CC)CCc2c(C(=O)C=Cc3cc(C)c(O)c(C)c3)sc(C)c2C1. The Morgan fingerprint density at radius 3 is 2.37 bits per heavy atom. The van der Waals surface area contributed by atoms with E-state index in [9.17, 15) is 9.90 Å². The van der Waals surface area contributed by atoms with E-state index < -0.39 is 0 Å². The van der Waals surface area contributed by atoms with Gasteiger partial charge in [0.05, 0.1) is 4.88 Å². The summed E-state index contributed by atoms with van der Waals surface area (Å²) in [4.78, 5) is 15.1. The van der Waals surface area contributed by atoms with Gasteiger partial charge in [-0.25, -0.2) is 0 Å². The van der Waals surface area contributed by atoms with Crippen LogP contribution in [0.3, 0.4) is 0 Å². The predicted octanol–water partition coefficient (Wildman–Crippen LogP) is 6.57. The first kappa shape index (κ1) is 19.9. The van der Waals surface area contributed by atoms with Crippen LogP contribution < -0.4 is 0 Å². The number of carbonyl (C=O) groups excluding carboxylic acids is 1. The largest absolute Gasteiger partial charge is 0.507 e. The van der Waals surface area contributed by atoms with Crippen LogP contribution in [0, 0.1) is 26.2 Å². The predicted molar refractivity (Wildman–Crippen MR) is 115 cm³/mol. The van der Waals surface area contributed by atoms with Gasteiger partial charge in [0.15, 0.2) is 5.78 Å². The Morgan fingerprint density at radius 1 is 1.15 bits per heavy atom. The highest BCUT2D eigenvalue weighted by Crippen LogP contribution is 2.45. The number of allylic oxidation sites excluding steroid dienone is 1. The maximum absolute atomic E-state index is 12.9. The summed E-state index contributed by atoms with van der Waals surface area (Å²) in [6, 6.07) is 3.83. The molecule has 1 heterocycles. The molecule has 0 unspecified atom stereocenters. The second-order valence-electron chi connectivity index (χ2n) is 8.03. The number of carbonyl (C=O) groups is 1. The molecule has 0 fully saturated rings. The molecule has 144 valence electrons. The number of ketones is 1. The lowest BCUT2D eigenvalue weighted by Crippen LogP contribution is -2.27. The molecule has 0 radical (unpaired) electrons. The van der Waals surface area contributed by atoms with Gasteiger partial charge in [-0.2, -0.15) is 0 Å². The summed E-state index contributed by atoms with van der Waals surface area (Å²) in [5.74, 6) is 0.435. The molecule has 1 aromatic heterocycles. The number of thiophene rings is 1. The van der Waals surface area contributed by atoms with Crippen LogP contribution in [-0.4, -0.2) is 10.9 Å². The molecule has 27 heavy (non-hydrogen) atoms. The third-order valence-electron chi connectivity index (χ3n) is 6.44. The zero-order valence-corrected chi connectivity index (χ0v) is 17.9. The summed E-state index contributed by atoms with van der Waals surface area (Å²) < 4.78 is 0. The second kappa shape index (κ2) is 7.63. The third kappa shape index (κ3) is 3.75. The van der Waals surface area contributed by atoms with Gasteiger partial charge in [0.1, 0.15) is 5.75 Å². The number of hydrogen-bond donors (Lipinski definition) is 1. The van der Waals surface area contributed by atoms with Crippen molar-refractivity contribution >= 4 is 23.2 Å². The Hall–Kier alpha value is -1.87. The highest BCUT2D eigenvalue weighted by molar-refractivity contribution is 7.14. The molecule has 1 aliphatic carbocycles. The number of fused-ring (bicyclic) bond motifs is 1. The van der Waals surface area contributed by atoms with Crippen molar-refractivity contribution in [3.05, 3.63) is 55.8 Å². The van der Waals surface area contributed by atoms with Gasteiger partial charge in [0.25, 0.3) is 0 Å². The van der Waals surface area contributed by atoms with Gasteiger partial charge < -0.3 is 5.11 Å². The van der Waals surface area contributed by atoms with Crippen molar-refractivity contribution in [3.63, 3.8) is 0 Å². The van der Waals surface area contributed by atoms with Crippen molar-refractivity contribution in [2.45, 2.75) is 66.7 Å². The fourth-order valence-corrected chi connectivity index (χ4v) is 5.50. The number of aromatic hydroxyl groups is 1. The Kier molecular flexibility index (Phi) is 5.62. The van der Waals surface area contributed by atoms with Crippen molar-refractivity contribution in [1.82, 2.24) is 0 Å². The van der Waals surface area contributed by atoms with Crippen LogP contribution in [0.4, 0.5) is 0 Å². The van der Waals surface area contributed by atoms with Crippen LogP contribution in [0.5, 0.6) is 5.75 Å².